The van der Waals surface area contributed by atoms with Crippen molar-refractivity contribution in [2.45, 2.75) is 20.3 Å². The Kier molecular flexibility index (Phi) is 8.00. The van der Waals surface area contributed by atoms with Crippen molar-refractivity contribution in [2.24, 2.45) is 5.16 Å². The maximum Gasteiger partial charge on any atom is 0.0537 e. The molecule has 0 saturated carbocycles. The van der Waals surface area contributed by atoms with E-state index in [9.17, 15) is 0 Å². The van der Waals surface area contributed by atoms with Crippen molar-refractivity contribution in [3.8, 4) is 0 Å². The molecule has 7 heavy (non-hydrogen) atoms. The summed E-state index contributed by atoms with van der Waals surface area (Å²) in [5.41, 5.74) is 0.773. The van der Waals surface area contributed by atoms with Crippen molar-refractivity contribution in [1.29, 1.82) is 0 Å². The maximum atomic E-state index is 7.92. The lowest BCUT2D eigenvalue weighted by Crippen LogP contribution is -1.83. The van der Waals surface area contributed by atoms with Crippen molar-refractivity contribution < 1.29 is 5.21 Å². The Balaban J connectivity index is 0. The molecule has 0 aliphatic carbocycles. The second kappa shape index (κ2) is 5.69. The molecule has 0 aromatic heterocycles. The molecule has 0 unspecified atom stereocenters. The third-order valence-corrected chi connectivity index (χ3v) is 0.682. The van der Waals surface area contributed by atoms with Crippen LogP contribution in [0, 0.1) is 0 Å². The van der Waals surface area contributed by atoms with Crippen molar-refractivity contribution in [3.05, 3.63) is 0 Å². The molecule has 0 bridgehead atoms. The first-order valence-electron chi connectivity index (χ1n) is 1.98. The Hall–Kier alpha value is -0.313. The SMILES string of the molecule is CCC(C)=NO.[SiH4]. The lowest BCUT2D eigenvalue weighted by Gasteiger charge is -1.81. The summed E-state index contributed by atoms with van der Waals surface area (Å²) in [6, 6.07) is 0. The maximum absolute atomic E-state index is 7.92. The zero-order chi connectivity index (χ0) is 4.99. The van der Waals surface area contributed by atoms with Gasteiger partial charge in [0.2, 0.25) is 0 Å². The topological polar surface area (TPSA) is 32.6 Å². The molecule has 0 spiro atoms. The van der Waals surface area contributed by atoms with Crippen LogP contribution >= 0.6 is 0 Å². The number of hydrogen-bond donors (Lipinski definition) is 1. The van der Waals surface area contributed by atoms with Gasteiger partial charge in [-0.05, 0) is 24.3 Å². The average Bonchev–Trinajstić information content (AvgIpc) is 1.65. The molecule has 0 radical (unpaired) electrons. The van der Waals surface area contributed by atoms with E-state index in [4.69, 9.17) is 5.21 Å². The van der Waals surface area contributed by atoms with E-state index in [0.29, 0.717) is 0 Å². The van der Waals surface area contributed by atoms with Gasteiger partial charge in [-0.2, -0.15) is 0 Å². The van der Waals surface area contributed by atoms with E-state index >= 15 is 0 Å². The molecule has 44 valence electrons. The highest BCUT2D eigenvalue weighted by atomic mass is 28.1. The normalized spacial score (nSPS) is 10.3. The highest BCUT2D eigenvalue weighted by Gasteiger charge is 1.77. The fourth-order valence-electron chi connectivity index (χ4n) is 0.0707. The molecule has 0 fully saturated rings. The van der Waals surface area contributed by atoms with E-state index in [1.54, 1.807) is 6.92 Å². The minimum Gasteiger partial charge on any atom is -0.411 e. The molecule has 0 amide bonds. The van der Waals surface area contributed by atoms with Crippen LogP contribution in [-0.2, 0) is 0 Å². The summed E-state index contributed by atoms with van der Waals surface area (Å²) >= 11 is 0. The fraction of sp³-hybridized carbons (Fsp3) is 0.750. The van der Waals surface area contributed by atoms with E-state index in [1.165, 1.54) is 0 Å². The van der Waals surface area contributed by atoms with Gasteiger partial charge in [0.1, 0.15) is 0 Å². The van der Waals surface area contributed by atoms with E-state index < -0.39 is 0 Å². The molecule has 0 atom stereocenters. The third-order valence-electron chi connectivity index (χ3n) is 0.682. The molecule has 1 N–H and O–H groups in total. The molecular weight excluding hydrogens is 106 g/mol. The first kappa shape index (κ1) is 9.84. The van der Waals surface area contributed by atoms with Crippen LogP contribution in [-0.4, -0.2) is 21.9 Å². The zero-order valence-electron chi connectivity index (χ0n) is 4.10. The minimum absolute atomic E-state index is 0. The van der Waals surface area contributed by atoms with E-state index in [1.807, 2.05) is 6.92 Å². The lowest BCUT2D eigenvalue weighted by atomic mass is 10.3. The van der Waals surface area contributed by atoms with Crippen LogP contribution < -0.4 is 0 Å². The largest absolute Gasteiger partial charge is 0.411 e. The molecule has 2 nitrogen and oxygen atoms in total. The summed E-state index contributed by atoms with van der Waals surface area (Å²) in [7, 11) is 0. The Morgan fingerprint density at radius 2 is 2.14 bits per heavy atom. The lowest BCUT2D eigenvalue weighted by molar-refractivity contribution is 0.317. The molecule has 3 heteroatoms. The van der Waals surface area contributed by atoms with Gasteiger partial charge < -0.3 is 5.21 Å². The van der Waals surface area contributed by atoms with Crippen LogP contribution in [0.1, 0.15) is 20.3 Å². The highest BCUT2D eigenvalue weighted by Crippen LogP contribution is 1.78. The van der Waals surface area contributed by atoms with Gasteiger partial charge in [0, 0.05) is 0 Å². The predicted molar refractivity (Wildman–Crippen MR) is 36.5 cm³/mol. The fourth-order valence-corrected chi connectivity index (χ4v) is 0.0707. The zero-order valence-corrected chi connectivity index (χ0v) is 4.10. The molecule has 0 aliphatic heterocycles. The van der Waals surface area contributed by atoms with Gasteiger partial charge in [-0.25, -0.2) is 0 Å². The Labute approximate surface area is 48.3 Å². The van der Waals surface area contributed by atoms with E-state index in [-0.39, 0.29) is 11.0 Å². The van der Waals surface area contributed by atoms with Crippen molar-refractivity contribution >= 4 is 16.7 Å². The second-order valence-corrected chi connectivity index (χ2v) is 1.19. The van der Waals surface area contributed by atoms with Crippen molar-refractivity contribution in [2.75, 3.05) is 0 Å². The van der Waals surface area contributed by atoms with Gasteiger partial charge >= 0.3 is 0 Å². The highest BCUT2D eigenvalue weighted by molar-refractivity contribution is 5.80. The van der Waals surface area contributed by atoms with Crippen LogP contribution in [0.25, 0.3) is 0 Å². The molecule has 0 saturated heterocycles. The summed E-state index contributed by atoms with van der Waals surface area (Å²) < 4.78 is 0. The van der Waals surface area contributed by atoms with Crippen LogP contribution in [0.5, 0.6) is 0 Å². The van der Waals surface area contributed by atoms with Crippen LogP contribution in [0.4, 0.5) is 0 Å². The molecule has 0 aromatic carbocycles. The van der Waals surface area contributed by atoms with Gasteiger partial charge in [0.05, 0.1) is 5.71 Å². The molecule has 0 heterocycles. The Bertz CT molecular complexity index is 62.7. The number of rotatable bonds is 1. The summed E-state index contributed by atoms with van der Waals surface area (Å²) in [4.78, 5) is 0. The summed E-state index contributed by atoms with van der Waals surface area (Å²) in [6.07, 6.45) is 0.830. The summed E-state index contributed by atoms with van der Waals surface area (Å²) in [5.74, 6) is 0. The van der Waals surface area contributed by atoms with Crippen molar-refractivity contribution in [1.82, 2.24) is 0 Å². The van der Waals surface area contributed by atoms with Gasteiger partial charge in [0.15, 0.2) is 0 Å². The number of nitrogens with zero attached hydrogens (tertiary/aromatic N) is 1. The minimum atomic E-state index is 0. The van der Waals surface area contributed by atoms with Gasteiger partial charge in [-0.15, -0.1) is 0 Å². The number of hydrogen-bond acceptors (Lipinski definition) is 2. The van der Waals surface area contributed by atoms with Crippen LogP contribution in [0.3, 0.4) is 0 Å². The number of oxime groups is 1. The predicted octanol–water partition coefficient (Wildman–Crippen LogP) is -0.205. The van der Waals surface area contributed by atoms with Crippen LogP contribution in [0.15, 0.2) is 5.16 Å². The first-order valence-corrected chi connectivity index (χ1v) is 1.98. The quantitative estimate of drug-likeness (QED) is 0.220. The van der Waals surface area contributed by atoms with Crippen LogP contribution in [0.2, 0.25) is 0 Å². The Morgan fingerprint density at radius 1 is 1.71 bits per heavy atom. The van der Waals surface area contributed by atoms with E-state index in [2.05, 4.69) is 5.16 Å². The smallest absolute Gasteiger partial charge is 0.0537 e. The average molecular weight is 119 g/mol. The molecule has 0 rings (SSSR count). The molecule has 0 aromatic rings. The standard InChI is InChI=1S/C4H9NO.H4Si/c1-3-4(2)5-6;/h6H,3H2,1-2H3;1H4. The summed E-state index contributed by atoms with van der Waals surface area (Å²) in [5, 5.41) is 10.8. The first-order chi connectivity index (χ1) is 2.81. The van der Waals surface area contributed by atoms with Crippen molar-refractivity contribution in [3.63, 3.8) is 0 Å². The van der Waals surface area contributed by atoms with E-state index in [0.717, 1.165) is 12.1 Å². The molecule has 0 aliphatic rings. The molecular formula is C4H13NOSi. The Morgan fingerprint density at radius 3 is 2.14 bits per heavy atom. The summed E-state index contributed by atoms with van der Waals surface area (Å²) in [6.45, 7) is 3.72. The van der Waals surface area contributed by atoms with Gasteiger partial charge in [0.25, 0.3) is 0 Å². The monoisotopic (exact) mass is 119 g/mol. The second-order valence-electron chi connectivity index (χ2n) is 1.19. The van der Waals surface area contributed by atoms with Gasteiger partial charge in [-0.3, -0.25) is 0 Å². The van der Waals surface area contributed by atoms with Gasteiger partial charge in [-0.1, -0.05) is 12.1 Å². The third kappa shape index (κ3) is 5.69.